The number of hydrogen-bond acceptors (Lipinski definition) is 2. The van der Waals surface area contributed by atoms with Crippen LogP contribution in [0.1, 0.15) is 37.2 Å². The van der Waals surface area contributed by atoms with Gasteiger partial charge in [0, 0.05) is 12.5 Å². The maximum absolute atomic E-state index is 11.1. The molecule has 0 aromatic heterocycles. The molecule has 0 amide bonds. The summed E-state index contributed by atoms with van der Waals surface area (Å²) in [4.78, 5) is 11.1. The van der Waals surface area contributed by atoms with Crippen LogP contribution in [0.15, 0.2) is 18.2 Å². The molecule has 0 saturated carbocycles. The van der Waals surface area contributed by atoms with Gasteiger partial charge in [0.15, 0.2) is 0 Å². The molecule has 2 atom stereocenters. The minimum atomic E-state index is -0.828. The number of benzene rings is 1. The van der Waals surface area contributed by atoms with Crippen molar-refractivity contribution in [3.05, 3.63) is 33.8 Å². The first-order valence-corrected chi connectivity index (χ1v) is 7.12. The Morgan fingerprint density at radius 2 is 2.16 bits per heavy atom. The van der Waals surface area contributed by atoms with Crippen molar-refractivity contribution in [3.63, 3.8) is 0 Å². The van der Waals surface area contributed by atoms with Crippen LogP contribution in [0, 0.1) is 0 Å². The largest absolute Gasteiger partial charge is 0.481 e. The van der Waals surface area contributed by atoms with Crippen LogP contribution in [-0.2, 0) is 9.53 Å². The molecule has 1 aliphatic rings. The van der Waals surface area contributed by atoms with Gasteiger partial charge in [0.25, 0.3) is 0 Å². The Bertz CT molecular complexity index is 456. The van der Waals surface area contributed by atoms with E-state index in [1.165, 1.54) is 0 Å². The Hall–Kier alpha value is -0.770. The monoisotopic (exact) mass is 302 g/mol. The number of ether oxygens (including phenoxy) is 1. The number of carbonyl (C=O) groups is 1. The van der Waals surface area contributed by atoms with Crippen molar-refractivity contribution in [3.8, 4) is 0 Å². The molecule has 1 aliphatic heterocycles. The molecule has 2 rings (SSSR count). The lowest BCUT2D eigenvalue weighted by Gasteiger charge is -2.30. The van der Waals surface area contributed by atoms with Crippen LogP contribution >= 0.6 is 23.2 Å². The highest BCUT2D eigenvalue weighted by Crippen LogP contribution is 2.34. The Morgan fingerprint density at radius 3 is 2.74 bits per heavy atom. The maximum atomic E-state index is 11.1. The lowest BCUT2D eigenvalue weighted by molar-refractivity contribution is -0.138. The number of hydrogen-bond donors (Lipinski definition) is 1. The van der Waals surface area contributed by atoms with Gasteiger partial charge in [-0.05, 0) is 37.0 Å². The van der Waals surface area contributed by atoms with E-state index in [9.17, 15) is 4.79 Å². The van der Waals surface area contributed by atoms with Gasteiger partial charge in [0.2, 0.25) is 0 Å². The van der Waals surface area contributed by atoms with Gasteiger partial charge >= 0.3 is 5.97 Å². The Labute approximate surface area is 122 Å². The zero-order valence-corrected chi connectivity index (χ0v) is 12.0. The highest BCUT2D eigenvalue weighted by atomic mass is 35.5. The SMILES string of the molecule is O=C(O)CC(c1ccc(Cl)c(Cl)c1)C1CCCCO1. The third kappa shape index (κ3) is 3.85. The summed E-state index contributed by atoms with van der Waals surface area (Å²) in [5, 5.41) is 10.0. The molecular weight excluding hydrogens is 287 g/mol. The molecule has 1 N–H and O–H groups in total. The highest BCUT2D eigenvalue weighted by Gasteiger charge is 2.28. The predicted octanol–water partition coefficient (Wildman–Crippen LogP) is 4.12. The minimum absolute atomic E-state index is 0.0443. The van der Waals surface area contributed by atoms with Crippen molar-refractivity contribution in [2.24, 2.45) is 0 Å². The normalized spacial score (nSPS) is 21.1. The van der Waals surface area contributed by atoms with Crippen LogP contribution in [0.25, 0.3) is 0 Å². The van der Waals surface area contributed by atoms with Gasteiger partial charge in [-0.25, -0.2) is 0 Å². The van der Waals surface area contributed by atoms with Gasteiger partial charge in [0.05, 0.1) is 22.6 Å². The van der Waals surface area contributed by atoms with Crippen molar-refractivity contribution in [2.45, 2.75) is 37.7 Å². The number of aliphatic carboxylic acids is 1. The summed E-state index contributed by atoms with van der Waals surface area (Å²) < 4.78 is 5.73. The van der Waals surface area contributed by atoms with Gasteiger partial charge in [-0.1, -0.05) is 29.3 Å². The van der Waals surface area contributed by atoms with Crippen LogP contribution in [0.2, 0.25) is 10.0 Å². The van der Waals surface area contributed by atoms with E-state index >= 15 is 0 Å². The van der Waals surface area contributed by atoms with Gasteiger partial charge in [-0.3, -0.25) is 4.79 Å². The average molecular weight is 303 g/mol. The summed E-state index contributed by atoms with van der Waals surface area (Å²) in [7, 11) is 0. The molecular formula is C14H16Cl2O3. The summed E-state index contributed by atoms with van der Waals surface area (Å²) in [6.07, 6.45) is 2.99. The molecule has 0 radical (unpaired) electrons. The van der Waals surface area contributed by atoms with Gasteiger partial charge in [0.1, 0.15) is 0 Å². The van der Waals surface area contributed by atoms with Crippen LogP contribution < -0.4 is 0 Å². The lowest BCUT2D eigenvalue weighted by atomic mass is 9.86. The molecule has 5 heteroatoms. The predicted molar refractivity (Wildman–Crippen MR) is 75.0 cm³/mol. The molecule has 104 valence electrons. The van der Waals surface area contributed by atoms with Gasteiger partial charge in [-0.15, -0.1) is 0 Å². The Morgan fingerprint density at radius 1 is 1.37 bits per heavy atom. The average Bonchev–Trinajstić information content (AvgIpc) is 2.40. The molecule has 1 aromatic carbocycles. The van der Waals surface area contributed by atoms with Crippen LogP contribution in [0.4, 0.5) is 0 Å². The fraction of sp³-hybridized carbons (Fsp3) is 0.500. The van der Waals surface area contributed by atoms with Crippen LogP contribution in [0.3, 0.4) is 0 Å². The summed E-state index contributed by atoms with van der Waals surface area (Å²) in [6.45, 7) is 0.697. The number of rotatable bonds is 4. The molecule has 3 nitrogen and oxygen atoms in total. The third-order valence-corrected chi connectivity index (χ3v) is 4.17. The standard InChI is InChI=1S/C14H16Cl2O3/c15-11-5-4-9(7-12(11)16)10(8-14(17)18)13-3-1-2-6-19-13/h4-5,7,10,13H,1-3,6,8H2,(H,17,18). The zero-order chi connectivity index (χ0) is 13.8. The zero-order valence-electron chi connectivity index (χ0n) is 10.4. The number of carboxylic acids is 1. The van der Waals surface area contributed by atoms with Crippen molar-refractivity contribution in [1.82, 2.24) is 0 Å². The molecule has 0 spiro atoms. The van der Waals surface area contributed by atoms with E-state index in [0.29, 0.717) is 16.7 Å². The second-order valence-electron chi connectivity index (χ2n) is 4.78. The molecule has 1 heterocycles. The Balaban J connectivity index is 2.24. The summed E-state index contributed by atoms with van der Waals surface area (Å²) in [6, 6.07) is 5.28. The number of halogens is 2. The van der Waals surface area contributed by atoms with E-state index in [1.807, 2.05) is 6.07 Å². The first-order valence-electron chi connectivity index (χ1n) is 6.36. The second-order valence-corrected chi connectivity index (χ2v) is 5.60. The second kappa shape index (κ2) is 6.60. The van der Waals surface area contributed by atoms with Crippen LogP contribution in [0.5, 0.6) is 0 Å². The molecule has 0 aliphatic carbocycles. The van der Waals surface area contributed by atoms with E-state index in [0.717, 1.165) is 24.8 Å². The molecule has 0 bridgehead atoms. The van der Waals surface area contributed by atoms with E-state index in [4.69, 9.17) is 33.0 Å². The molecule has 1 fully saturated rings. The number of carboxylic acid groups (broad SMARTS) is 1. The Kier molecular flexibility index (Phi) is 5.08. The quantitative estimate of drug-likeness (QED) is 0.910. The molecule has 1 aromatic rings. The van der Waals surface area contributed by atoms with E-state index in [2.05, 4.69) is 0 Å². The summed E-state index contributed by atoms with van der Waals surface area (Å²) >= 11 is 11.9. The lowest BCUT2D eigenvalue weighted by Crippen LogP contribution is -2.28. The first kappa shape index (κ1) is 14.6. The fourth-order valence-electron chi connectivity index (χ4n) is 2.48. The smallest absolute Gasteiger partial charge is 0.304 e. The first-order chi connectivity index (χ1) is 9.08. The van der Waals surface area contributed by atoms with Gasteiger partial charge < -0.3 is 9.84 Å². The minimum Gasteiger partial charge on any atom is -0.481 e. The fourth-order valence-corrected chi connectivity index (χ4v) is 2.78. The van der Waals surface area contributed by atoms with Gasteiger partial charge in [-0.2, -0.15) is 0 Å². The van der Waals surface area contributed by atoms with Crippen LogP contribution in [-0.4, -0.2) is 23.8 Å². The van der Waals surface area contributed by atoms with E-state index in [-0.39, 0.29) is 18.4 Å². The van der Waals surface area contributed by atoms with Crippen molar-refractivity contribution < 1.29 is 14.6 Å². The van der Waals surface area contributed by atoms with E-state index < -0.39 is 5.97 Å². The molecule has 1 saturated heterocycles. The summed E-state index contributed by atoms with van der Waals surface area (Å²) in [5.41, 5.74) is 0.878. The van der Waals surface area contributed by atoms with Crippen molar-refractivity contribution >= 4 is 29.2 Å². The van der Waals surface area contributed by atoms with Crippen molar-refractivity contribution in [2.75, 3.05) is 6.61 Å². The van der Waals surface area contributed by atoms with E-state index in [1.54, 1.807) is 12.1 Å². The summed E-state index contributed by atoms with van der Waals surface area (Å²) in [5.74, 6) is -1.00. The molecule has 2 unspecified atom stereocenters. The molecule has 19 heavy (non-hydrogen) atoms. The van der Waals surface area contributed by atoms with Crippen molar-refractivity contribution in [1.29, 1.82) is 0 Å². The topological polar surface area (TPSA) is 46.5 Å². The third-order valence-electron chi connectivity index (χ3n) is 3.43. The maximum Gasteiger partial charge on any atom is 0.304 e. The highest BCUT2D eigenvalue weighted by molar-refractivity contribution is 6.42.